The van der Waals surface area contributed by atoms with E-state index in [1.165, 1.54) is 0 Å². The molecule has 0 radical (unpaired) electrons. The molecule has 0 atom stereocenters. The van der Waals surface area contributed by atoms with Gasteiger partial charge in [-0.05, 0) is 33.4 Å². The van der Waals surface area contributed by atoms with Gasteiger partial charge in [0, 0.05) is 32.4 Å². The van der Waals surface area contributed by atoms with E-state index in [1.807, 2.05) is 0 Å². The fourth-order valence-electron chi connectivity index (χ4n) is 1.82. The van der Waals surface area contributed by atoms with Crippen molar-refractivity contribution < 1.29 is 13.3 Å². The lowest BCUT2D eigenvalue weighted by Crippen LogP contribution is -2.48. The first kappa shape index (κ1) is 21.1. The molecular weight excluding hydrogens is 282 g/mol. The van der Waals surface area contributed by atoms with Crippen LogP contribution < -0.4 is 0 Å². The minimum absolute atomic E-state index is 0.758. The SMILES string of the molecule is CCCCO[Si](CCN(C)C)(OCCCC)OCCCC. The molecule has 5 heteroatoms. The molecule has 0 bridgehead atoms. The summed E-state index contributed by atoms with van der Waals surface area (Å²) in [6, 6.07) is 0.886. The van der Waals surface area contributed by atoms with Gasteiger partial charge in [0.1, 0.15) is 0 Å². The molecule has 21 heavy (non-hydrogen) atoms. The Morgan fingerprint density at radius 2 is 1.10 bits per heavy atom. The van der Waals surface area contributed by atoms with Crippen molar-refractivity contribution in [1.29, 1.82) is 0 Å². The minimum atomic E-state index is -2.51. The third-order valence-corrected chi connectivity index (χ3v) is 6.09. The van der Waals surface area contributed by atoms with E-state index in [9.17, 15) is 0 Å². The maximum absolute atomic E-state index is 6.18. The Bertz CT molecular complexity index is 201. The van der Waals surface area contributed by atoms with Gasteiger partial charge >= 0.3 is 8.80 Å². The van der Waals surface area contributed by atoms with Crippen molar-refractivity contribution >= 4 is 8.80 Å². The topological polar surface area (TPSA) is 30.9 Å². The number of hydrogen-bond acceptors (Lipinski definition) is 4. The van der Waals surface area contributed by atoms with E-state index in [1.54, 1.807) is 0 Å². The van der Waals surface area contributed by atoms with Crippen LogP contribution in [0.15, 0.2) is 0 Å². The third kappa shape index (κ3) is 11.3. The van der Waals surface area contributed by atoms with Crippen LogP contribution in [-0.2, 0) is 13.3 Å². The summed E-state index contributed by atoms with van der Waals surface area (Å²) in [5, 5.41) is 0. The number of unbranched alkanes of at least 4 members (excludes halogenated alkanes) is 3. The maximum atomic E-state index is 6.18. The van der Waals surface area contributed by atoms with Crippen LogP contribution in [0.3, 0.4) is 0 Å². The van der Waals surface area contributed by atoms with Crippen molar-refractivity contribution in [2.24, 2.45) is 0 Å². The largest absolute Gasteiger partial charge is 0.502 e. The highest BCUT2D eigenvalue weighted by Crippen LogP contribution is 2.18. The van der Waals surface area contributed by atoms with Gasteiger partial charge in [-0.1, -0.05) is 40.0 Å². The van der Waals surface area contributed by atoms with Crippen LogP contribution in [0, 0.1) is 0 Å². The van der Waals surface area contributed by atoms with E-state index in [0.29, 0.717) is 0 Å². The molecule has 0 N–H and O–H groups in total. The van der Waals surface area contributed by atoms with Gasteiger partial charge in [0.05, 0.1) is 0 Å². The van der Waals surface area contributed by atoms with Gasteiger partial charge in [-0.25, -0.2) is 0 Å². The van der Waals surface area contributed by atoms with Crippen molar-refractivity contribution in [2.45, 2.75) is 65.3 Å². The number of nitrogens with zero attached hydrogens (tertiary/aromatic N) is 1. The molecule has 4 nitrogen and oxygen atoms in total. The third-order valence-electron chi connectivity index (χ3n) is 3.32. The van der Waals surface area contributed by atoms with E-state index >= 15 is 0 Å². The molecule has 0 unspecified atom stereocenters. The molecule has 0 aliphatic rings. The Kier molecular flexibility index (Phi) is 13.7. The Balaban J connectivity index is 4.60. The second-order valence-corrected chi connectivity index (χ2v) is 8.57. The van der Waals surface area contributed by atoms with E-state index in [2.05, 4.69) is 39.8 Å². The molecule has 0 saturated heterocycles. The average molecular weight is 320 g/mol. The van der Waals surface area contributed by atoms with Crippen LogP contribution in [-0.4, -0.2) is 54.2 Å². The molecule has 0 fully saturated rings. The Morgan fingerprint density at radius 3 is 1.38 bits per heavy atom. The molecule has 0 saturated carbocycles. The Hall–Kier alpha value is 0.0569. The summed E-state index contributed by atoms with van der Waals surface area (Å²) < 4.78 is 18.5. The Morgan fingerprint density at radius 1 is 0.714 bits per heavy atom. The molecule has 0 spiro atoms. The van der Waals surface area contributed by atoms with Crippen LogP contribution in [0.5, 0.6) is 0 Å². The van der Waals surface area contributed by atoms with Crippen molar-refractivity contribution in [3.05, 3.63) is 0 Å². The smallest absolute Gasteiger partial charge is 0.373 e. The fraction of sp³-hybridized carbons (Fsp3) is 1.00. The molecule has 0 amide bonds. The molecule has 0 aliphatic heterocycles. The van der Waals surface area contributed by atoms with Gasteiger partial charge in [0.15, 0.2) is 0 Å². The van der Waals surface area contributed by atoms with Gasteiger partial charge in [0.2, 0.25) is 0 Å². The summed E-state index contributed by atoms with van der Waals surface area (Å²) in [5.74, 6) is 0. The zero-order valence-corrected chi connectivity index (χ0v) is 16.0. The lowest BCUT2D eigenvalue weighted by Gasteiger charge is -2.31. The van der Waals surface area contributed by atoms with Crippen LogP contribution >= 0.6 is 0 Å². The molecule has 0 aromatic heterocycles. The van der Waals surface area contributed by atoms with E-state index in [4.69, 9.17) is 13.3 Å². The first-order chi connectivity index (χ1) is 10.1. The van der Waals surface area contributed by atoms with Crippen molar-refractivity contribution in [1.82, 2.24) is 4.90 Å². The zero-order chi connectivity index (χ0) is 16.0. The average Bonchev–Trinajstić information content (AvgIpc) is 2.46. The second kappa shape index (κ2) is 13.7. The first-order valence-electron chi connectivity index (χ1n) is 8.66. The van der Waals surface area contributed by atoms with Gasteiger partial charge in [0.25, 0.3) is 0 Å². The molecule has 0 heterocycles. The monoisotopic (exact) mass is 319 g/mol. The zero-order valence-electron chi connectivity index (χ0n) is 15.0. The molecular formula is C16H37NO3Si. The van der Waals surface area contributed by atoms with Crippen molar-refractivity contribution in [2.75, 3.05) is 40.5 Å². The lowest BCUT2D eigenvalue weighted by molar-refractivity contribution is 0.0546. The summed E-state index contributed by atoms with van der Waals surface area (Å²) in [6.07, 6.45) is 6.65. The van der Waals surface area contributed by atoms with Gasteiger partial charge in [-0.15, -0.1) is 0 Å². The van der Waals surface area contributed by atoms with E-state index in [-0.39, 0.29) is 0 Å². The molecule has 0 aromatic carbocycles. The standard InChI is InChI=1S/C16H37NO3Si/c1-6-9-13-18-21(16-12-17(4)5,19-14-10-7-2)20-15-11-8-3/h6-16H2,1-5H3. The van der Waals surface area contributed by atoms with Gasteiger partial charge in [-0.2, -0.15) is 0 Å². The normalized spacial score (nSPS) is 12.3. The lowest BCUT2D eigenvalue weighted by atomic mass is 10.4. The predicted octanol–water partition coefficient (Wildman–Crippen LogP) is 3.94. The second-order valence-electron chi connectivity index (χ2n) is 5.84. The highest BCUT2D eigenvalue weighted by atomic mass is 28.4. The van der Waals surface area contributed by atoms with Crippen molar-refractivity contribution in [3.63, 3.8) is 0 Å². The van der Waals surface area contributed by atoms with Crippen LogP contribution in [0.1, 0.15) is 59.3 Å². The van der Waals surface area contributed by atoms with E-state index < -0.39 is 8.80 Å². The number of hydrogen-bond donors (Lipinski definition) is 0. The fourth-order valence-corrected chi connectivity index (χ4v) is 4.59. The number of rotatable bonds is 15. The Labute approximate surface area is 133 Å². The summed E-state index contributed by atoms with van der Waals surface area (Å²) in [7, 11) is 1.66. The summed E-state index contributed by atoms with van der Waals surface area (Å²) in [5.41, 5.74) is 0. The molecule has 0 aromatic rings. The highest BCUT2D eigenvalue weighted by molar-refractivity contribution is 6.60. The summed E-state index contributed by atoms with van der Waals surface area (Å²) in [6.45, 7) is 9.78. The molecule has 128 valence electrons. The van der Waals surface area contributed by atoms with Gasteiger partial charge in [-0.3, -0.25) is 0 Å². The predicted molar refractivity (Wildman–Crippen MR) is 91.7 cm³/mol. The van der Waals surface area contributed by atoms with Crippen LogP contribution in [0.25, 0.3) is 0 Å². The summed E-state index contributed by atoms with van der Waals surface area (Å²) in [4.78, 5) is 2.18. The van der Waals surface area contributed by atoms with E-state index in [0.717, 1.165) is 70.9 Å². The van der Waals surface area contributed by atoms with Gasteiger partial charge < -0.3 is 18.2 Å². The maximum Gasteiger partial charge on any atom is 0.502 e. The molecule has 0 rings (SSSR count). The first-order valence-corrected chi connectivity index (χ1v) is 10.6. The van der Waals surface area contributed by atoms with Crippen LogP contribution in [0.2, 0.25) is 6.04 Å². The molecule has 0 aliphatic carbocycles. The quantitative estimate of drug-likeness (QED) is 0.338. The highest BCUT2D eigenvalue weighted by Gasteiger charge is 2.40. The minimum Gasteiger partial charge on any atom is -0.373 e. The van der Waals surface area contributed by atoms with Crippen LogP contribution in [0.4, 0.5) is 0 Å². The van der Waals surface area contributed by atoms with Crippen molar-refractivity contribution in [3.8, 4) is 0 Å². The summed E-state index contributed by atoms with van der Waals surface area (Å²) >= 11 is 0.